The van der Waals surface area contributed by atoms with Gasteiger partial charge in [0.2, 0.25) is 11.8 Å². The van der Waals surface area contributed by atoms with Crippen molar-refractivity contribution in [3.05, 3.63) is 113 Å². The molecular formula is C32H28N6O4. The van der Waals surface area contributed by atoms with Crippen molar-refractivity contribution in [3.8, 4) is 34.7 Å². The lowest BCUT2D eigenvalue weighted by Crippen LogP contribution is -2.16. The third kappa shape index (κ3) is 4.19. The van der Waals surface area contributed by atoms with Gasteiger partial charge in [-0.3, -0.25) is 0 Å². The number of hydrogen-bond acceptors (Lipinski definition) is 8. The highest BCUT2D eigenvalue weighted by Crippen LogP contribution is 2.49. The lowest BCUT2D eigenvalue weighted by Gasteiger charge is -2.26. The van der Waals surface area contributed by atoms with Crippen molar-refractivity contribution in [3.63, 3.8) is 0 Å². The van der Waals surface area contributed by atoms with E-state index in [1.807, 2.05) is 72.3 Å². The standard InChI is InChI=1S/C32H28N6O4/c1-19-27-28(21-11-13-23(39-2)14-12-21)29-30-34-26(17-20-10-15-24(40-3)25(16-20)41-4)36-37(30)18-33-31(29)42-32(27)38(35-19)22-8-6-5-7-9-22/h5-16,18,28H,17H2,1-4H3/t28-/m1/s1. The Morgan fingerprint density at radius 1 is 0.833 bits per heavy atom. The molecule has 1 aliphatic rings. The predicted octanol–water partition coefficient (Wildman–Crippen LogP) is 5.52. The summed E-state index contributed by atoms with van der Waals surface area (Å²) < 4.78 is 26.4. The number of methoxy groups -OCH3 is 3. The second kappa shape index (κ2) is 10.2. The van der Waals surface area contributed by atoms with Crippen LogP contribution in [0.4, 0.5) is 0 Å². The van der Waals surface area contributed by atoms with E-state index in [9.17, 15) is 0 Å². The zero-order valence-electron chi connectivity index (χ0n) is 23.6. The fourth-order valence-electron chi connectivity index (χ4n) is 5.54. The van der Waals surface area contributed by atoms with E-state index in [4.69, 9.17) is 39.1 Å². The van der Waals surface area contributed by atoms with Crippen molar-refractivity contribution in [2.45, 2.75) is 19.3 Å². The van der Waals surface area contributed by atoms with E-state index < -0.39 is 0 Å². The number of fused-ring (bicyclic) bond motifs is 4. The molecule has 0 aliphatic carbocycles. The van der Waals surface area contributed by atoms with E-state index in [1.165, 1.54) is 0 Å². The van der Waals surface area contributed by atoms with Crippen molar-refractivity contribution in [1.29, 1.82) is 0 Å². The first-order valence-electron chi connectivity index (χ1n) is 13.5. The van der Waals surface area contributed by atoms with Gasteiger partial charge >= 0.3 is 0 Å². The molecule has 210 valence electrons. The minimum Gasteiger partial charge on any atom is -0.497 e. The first-order valence-corrected chi connectivity index (χ1v) is 13.5. The monoisotopic (exact) mass is 560 g/mol. The van der Waals surface area contributed by atoms with Gasteiger partial charge in [0.05, 0.1) is 49.8 Å². The van der Waals surface area contributed by atoms with Crippen LogP contribution in [0.25, 0.3) is 11.3 Å². The number of aryl methyl sites for hydroxylation is 1. The van der Waals surface area contributed by atoms with Crippen LogP contribution in [0.15, 0.2) is 79.1 Å². The van der Waals surface area contributed by atoms with Crippen LogP contribution in [-0.4, -0.2) is 50.7 Å². The van der Waals surface area contributed by atoms with E-state index in [1.54, 1.807) is 32.2 Å². The average Bonchev–Trinajstić information content (AvgIpc) is 3.60. The van der Waals surface area contributed by atoms with E-state index >= 15 is 0 Å². The van der Waals surface area contributed by atoms with Crippen LogP contribution >= 0.6 is 0 Å². The molecule has 42 heavy (non-hydrogen) atoms. The van der Waals surface area contributed by atoms with Gasteiger partial charge in [0, 0.05) is 6.42 Å². The van der Waals surface area contributed by atoms with Crippen molar-refractivity contribution in [2.75, 3.05) is 21.3 Å². The van der Waals surface area contributed by atoms with Crippen LogP contribution in [0, 0.1) is 6.92 Å². The van der Waals surface area contributed by atoms with Gasteiger partial charge in [-0.1, -0.05) is 36.4 Å². The molecule has 0 N–H and O–H groups in total. The number of aromatic nitrogens is 6. The minimum absolute atomic E-state index is 0.249. The Kier molecular flexibility index (Phi) is 6.23. The molecule has 7 rings (SSSR count). The molecule has 1 aliphatic heterocycles. The number of rotatable bonds is 7. The Balaban J connectivity index is 1.38. The van der Waals surface area contributed by atoms with Crippen LogP contribution in [0.1, 0.15) is 39.7 Å². The average molecular weight is 561 g/mol. The minimum atomic E-state index is -0.249. The molecule has 10 heteroatoms. The molecule has 0 saturated heterocycles. The molecule has 0 bridgehead atoms. The number of ether oxygens (including phenoxy) is 4. The Morgan fingerprint density at radius 3 is 2.36 bits per heavy atom. The summed E-state index contributed by atoms with van der Waals surface area (Å²) >= 11 is 0. The lowest BCUT2D eigenvalue weighted by atomic mass is 9.84. The lowest BCUT2D eigenvalue weighted by molar-refractivity contribution is 0.354. The maximum absolute atomic E-state index is 6.53. The maximum atomic E-state index is 6.53. The molecule has 0 amide bonds. The van der Waals surface area contributed by atoms with Crippen molar-refractivity contribution < 1.29 is 18.9 Å². The zero-order valence-corrected chi connectivity index (χ0v) is 23.6. The summed E-state index contributed by atoms with van der Waals surface area (Å²) in [4.78, 5) is 9.71. The molecule has 1 atom stereocenters. The quantitative estimate of drug-likeness (QED) is 0.251. The molecular weight excluding hydrogens is 532 g/mol. The molecule has 0 spiro atoms. The molecule has 3 aromatic heterocycles. The molecule has 10 nitrogen and oxygen atoms in total. The molecule has 0 saturated carbocycles. The number of para-hydroxylation sites is 1. The second-order valence-corrected chi connectivity index (χ2v) is 9.99. The molecule has 3 aromatic carbocycles. The van der Waals surface area contributed by atoms with Gasteiger partial charge in [0.15, 0.2) is 23.0 Å². The van der Waals surface area contributed by atoms with Crippen molar-refractivity contribution in [2.24, 2.45) is 0 Å². The summed E-state index contributed by atoms with van der Waals surface area (Å²) in [5.41, 5.74) is 6.25. The smallest absolute Gasteiger partial charge is 0.230 e. The summed E-state index contributed by atoms with van der Waals surface area (Å²) in [6.07, 6.45) is 2.15. The fourth-order valence-corrected chi connectivity index (χ4v) is 5.54. The summed E-state index contributed by atoms with van der Waals surface area (Å²) in [7, 11) is 4.90. The SMILES string of the molecule is COc1ccc([C@@H]2c3c(C)nn(-c4ccccc4)c3Oc3ncn4nc(Cc5ccc(OC)c(OC)c5)nc4c32)cc1. The van der Waals surface area contributed by atoms with E-state index in [0.29, 0.717) is 41.2 Å². The predicted molar refractivity (Wildman–Crippen MR) is 155 cm³/mol. The number of benzene rings is 3. The normalized spacial score (nSPS) is 13.8. The highest BCUT2D eigenvalue weighted by Gasteiger charge is 2.38. The van der Waals surface area contributed by atoms with Crippen molar-refractivity contribution >= 4 is 5.65 Å². The summed E-state index contributed by atoms with van der Waals surface area (Å²) in [5.74, 6) is 3.61. The van der Waals surface area contributed by atoms with E-state index in [0.717, 1.165) is 39.4 Å². The fraction of sp³-hybridized carbons (Fsp3) is 0.188. The molecule has 0 fully saturated rings. The summed E-state index contributed by atoms with van der Waals surface area (Å²) in [6.45, 7) is 2.00. The van der Waals surface area contributed by atoms with Crippen LogP contribution < -0.4 is 18.9 Å². The number of nitrogens with zero attached hydrogens (tertiary/aromatic N) is 6. The van der Waals surface area contributed by atoms with Crippen LogP contribution in [-0.2, 0) is 6.42 Å². The Bertz CT molecular complexity index is 1910. The van der Waals surface area contributed by atoms with Crippen LogP contribution in [0.5, 0.6) is 29.0 Å². The highest BCUT2D eigenvalue weighted by molar-refractivity contribution is 5.66. The van der Waals surface area contributed by atoms with E-state index in [-0.39, 0.29) is 5.92 Å². The zero-order chi connectivity index (χ0) is 28.8. The van der Waals surface area contributed by atoms with Gasteiger partial charge in [0.25, 0.3) is 0 Å². The van der Waals surface area contributed by atoms with Gasteiger partial charge in [-0.2, -0.15) is 5.10 Å². The van der Waals surface area contributed by atoms with Crippen LogP contribution in [0.2, 0.25) is 0 Å². The van der Waals surface area contributed by atoms with Crippen LogP contribution in [0.3, 0.4) is 0 Å². The summed E-state index contributed by atoms with van der Waals surface area (Å²) in [5, 5.41) is 9.68. The Hall–Kier alpha value is -5.38. The third-order valence-corrected chi connectivity index (χ3v) is 7.52. The van der Waals surface area contributed by atoms with Gasteiger partial charge in [0.1, 0.15) is 12.1 Å². The second-order valence-electron chi connectivity index (χ2n) is 9.99. The van der Waals surface area contributed by atoms with Gasteiger partial charge in [-0.05, 0) is 54.4 Å². The van der Waals surface area contributed by atoms with E-state index in [2.05, 4.69) is 12.1 Å². The largest absolute Gasteiger partial charge is 0.497 e. The summed E-state index contributed by atoms with van der Waals surface area (Å²) in [6, 6.07) is 23.8. The number of hydrogen-bond donors (Lipinski definition) is 0. The first kappa shape index (κ1) is 25.6. The maximum Gasteiger partial charge on any atom is 0.230 e. The Labute approximate surface area is 242 Å². The highest BCUT2D eigenvalue weighted by atomic mass is 16.5. The molecule has 4 heterocycles. The Morgan fingerprint density at radius 2 is 1.62 bits per heavy atom. The molecule has 6 aromatic rings. The molecule has 0 radical (unpaired) electrons. The van der Waals surface area contributed by atoms with Gasteiger partial charge in [-0.15, -0.1) is 5.10 Å². The topological polar surface area (TPSA) is 97.8 Å². The van der Waals surface area contributed by atoms with Gasteiger partial charge < -0.3 is 18.9 Å². The third-order valence-electron chi connectivity index (χ3n) is 7.52. The van der Waals surface area contributed by atoms with Gasteiger partial charge in [-0.25, -0.2) is 19.2 Å². The first-order chi connectivity index (χ1) is 20.6. The molecule has 0 unspecified atom stereocenters. The van der Waals surface area contributed by atoms with Crippen molar-refractivity contribution in [1.82, 2.24) is 29.4 Å².